The van der Waals surface area contributed by atoms with Crippen molar-refractivity contribution in [2.45, 2.75) is 25.2 Å². The smallest absolute Gasteiger partial charge is 0.326 e. The maximum Gasteiger partial charge on any atom is 0.326 e. The first kappa shape index (κ1) is 14.5. The summed E-state index contributed by atoms with van der Waals surface area (Å²) in [5.74, 6) is -1.48. The highest BCUT2D eigenvalue weighted by Gasteiger charge is 2.39. The first-order chi connectivity index (χ1) is 9.52. The third-order valence-electron chi connectivity index (χ3n) is 3.31. The van der Waals surface area contributed by atoms with Gasteiger partial charge in [-0.3, -0.25) is 4.79 Å². The van der Waals surface area contributed by atoms with Crippen LogP contribution in [-0.2, 0) is 16.1 Å². The van der Waals surface area contributed by atoms with Crippen LogP contribution in [0.2, 0.25) is 0 Å². The highest BCUT2D eigenvalue weighted by atomic mass is 16.5. The van der Waals surface area contributed by atoms with Gasteiger partial charge in [0.2, 0.25) is 0 Å². The van der Waals surface area contributed by atoms with Gasteiger partial charge in [-0.25, -0.2) is 4.79 Å². The van der Waals surface area contributed by atoms with E-state index in [0.717, 1.165) is 5.56 Å². The van der Waals surface area contributed by atoms with E-state index in [9.17, 15) is 14.7 Å². The molecule has 1 aromatic carbocycles. The zero-order valence-electron chi connectivity index (χ0n) is 11.2. The summed E-state index contributed by atoms with van der Waals surface area (Å²) in [6.07, 6.45) is -0.721. The molecule has 1 fully saturated rings. The lowest BCUT2D eigenvalue weighted by Gasteiger charge is -2.21. The van der Waals surface area contributed by atoms with E-state index in [4.69, 9.17) is 9.84 Å². The number of hydrogen-bond donors (Lipinski definition) is 2. The van der Waals surface area contributed by atoms with Gasteiger partial charge in [0, 0.05) is 25.6 Å². The number of rotatable bonds is 4. The molecule has 1 amide bonds. The summed E-state index contributed by atoms with van der Waals surface area (Å²) in [4.78, 5) is 24.7. The number of benzene rings is 1. The average molecular weight is 279 g/mol. The second-order valence-electron chi connectivity index (χ2n) is 4.83. The molecule has 6 heteroatoms. The Hall–Kier alpha value is -1.92. The van der Waals surface area contributed by atoms with Gasteiger partial charge in [-0.05, 0) is 17.7 Å². The van der Waals surface area contributed by atoms with Crippen LogP contribution in [0.4, 0.5) is 0 Å². The van der Waals surface area contributed by atoms with E-state index in [1.807, 2.05) is 6.07 Å². The van der Waals surface area contributed by atoms with Crippen LogP contribution in [-0.4, -0.2) is 52.8 Å². The maximum absolute atomic E-state index is 12.4. The number of aliphatic hydroxyl groups is 1. The number of β-amino-alcohol motifs (C(OH)–C–C–N with tert-alkyl or cyclic N) is 1. The highest BCUT2D eigenvalue weighted by molar-refractivity contribution is 5.97. The molecule has 0 saturated carbocycles. The number of hydrogen-bond acceptors (Lipinski definition) is 4. The third-order valence-corrected chi connectivity index (χ3v) is 3.31. The number of carbonyl (C=O) groups excluding carboxylic acids is 1. The predicted octanol–water partition coefficient (Wildman–Crippen LogP) is 0.493. The molecule has 0 radical (unpaired) electrons. The van der Waals surface area contributed by atoms with E-state index in [0.29, 0.717) is 12.2 Å². The van der Waals surface area contributed by atoms with E-state index >= 15 is 0 Å². The van der Waals surface area contributed by atoms with Gasteiger partial charge in [-0.2, -0.15) is 0 Å². The maximum atomic E-state index is 12.4. The minimum atomic E-state index is -1.09. The molecule has 1 unspecified atom stereocenters. The molecule has 1 aliphatic rings. The van der Waals surface area contributed by atoms with Crippen molar-refractivity contribution >= 4 is 11.9 Å². The van der Waals surface area contributed by atoms with Gasteiger partial charge in [0.1, 0.15) is 6.04 Å². The van der Waals surface area contributed by atoms with Gasteiger partial charge in [-0.1, -0.05) is 12.1 Å². The molecule has 6 nitrogen and oxygen atoms in total. The van der Waals surface area contributed by atoms with Crippen molar-refractivity contribution in [2.75, 3.05) is 13.7 Å². The normalized spacial score (nSPS) is 22.0. The average Bonchev–Trinajstić information content (AvgIpc) is 2.81. The molecule has 2 N–H and O–H groups in total. The molecular formula is C14H17NO5. The number of likely N-dealkylation sites (tertiary alicyclic amines) is 1. The Balaban J connectivity index is 2.21. The summed E-state index contributed by atoms with van der Waals surface area (Å²) >= 11 is 0. The standard InChI is InChI=1S/C14H17NO5/c1-20-8-9-3-2-4-10(5-9)13(17)15-7-11(16)6-12(15)14(18)19/h2-5,11-12,16H,6-8H2,1H3,(H,18,19)/t11?,12-/m0/s1. The van der Waals surface area contributed by atoms with E-state index in [2.05, 4.69) is 0 Å². The fourth-order valence-corrected chi connectivity index (χ4v) is 2.40. The second kappa shape index (κ2) is 6.02. The fourth-order valence-electron chi connectivity index (χ4n) is 2.40. The Labute approximate surface area is 116 Å². The minimum Gasteiger partial charge on any atom is -0.480 e. The van der Waals surface area contributed by atoms with Crippen molar-refractivity contribution in [1.29, 1.82) is 0 Å². The lowest BCUT2D eigenvalue weighted by molar-refractivity contribution is -0.141. The Kier molecular flexibility index (Phi) is 4.36. The van der Waals surface area contributed by atoms with Crippen LogP contribution < -0.4 is 0 Å². The van der Waals surface area contributed by atoms with E-state index in [-0.39, 0.29) is 18.9 Å². The molecule has 108 valence electrons. The molecule has 0 spiro atoms. The molecule has 0 bridgehead atoms. The molecule has 1 heterocycles. The van der Waals surface area contributed by atoms with Crippen LogP contribution in [0.3, 0.4) is 0 Å². The minimum absolute atomic E-state index is 0.0459. The molecule has 0 aliphatic carbocycles. The van der Waals surface area contributed by atoms with Crippen molar-refractivity contribution in [3.05, 3.63) is 35.4 Å². The quantitative estimate of drug-likeness (QED) is 0.837. The van der Waals surface area contributed by atoms with Gasteiger partial charge in [-0.15, -0.1) is 0 Å². The van der Waals surface area contributed by atoms with Crippen LogP contribution in [0, 0.1) is 0 Å². The number of nitrogens with zero attached hydrogens (tertiary/aromatic N) is 1. The molecule has 20 heavy (non-hydrogen) atoms. The summed E-state index contributed by atoms with van der Waals surface area (Å²) in [5.41, 5.74) is 1.24. The SMILES string of the molecule is COCc1cccc(C(=O)N2CC(O)C[C@H]2C(=O)O)c1. The number of amides is 1. The number of methoxy groups -OCH3 is 1. The monoisotopic (exact) mass is 279 g/mol. The summed E-state index contributed by atoms with van der Waals surface area (Å²) in [6.45, 7) is 0.427. The Morgan fingerprint density at radius 2 is 2.20 bits per heavy atom. The van der Waals surface area contributed by atoms with Crippen LogP contribution in [0.15, 0.2) is 24.3 Å². The number of aliphatic carboxylic acids is 1. The number of aliphatic hydroxyl groups excluding tert-OH is 1. The van der Waals surface area contributed by atoms with Crippen LogP contribution >= 0.6 is 0 Å². The summed E-state index contributed by atoms with van der Waals surface area (Å²) in [5, 5.41) is 18.7. The van der Waals surface area contributed by atoms with Crippen molar-refractivity contribution in [2.24, 2.45) is 0 Å². The Morgan fingerprint density at radius 3 is 2.85 bits per heavy atom. The summed E-state index contributed by atoms with van der Waals surface area (Å²) in [7, 11) is 1.56. The zero-order valence-corrected chi connectivity index (χ0v) is 11.2. The Bertz CT molecular complexity index is 516. The molecule has 2 atom stereocenters. The summed E-state index contributed by atoms with van der Waals surface area (Å²) in [6, 6.07) is 5.89. The Morgan fingerprint density at radius 1 is 1.45 bits per heavy atom. The van der Waals surface area contributed by atoms with Gasteiger partial charge in [0.25, 0.3) is 5.91 Å². The topological polar surface area (TPSA) is 87.1 Å². The summed E-state index contributed by atoms with van der Waals surface area (Å²) < 4.78 is 5.01. The molecule has 1 aromatic rings. The van der Waals surface area contributed by atoms with Gasteiger partial charge in [0.15, 0.2) is 0 Å². The van der Waals surface area contributed by atoms with Gasteiger partial charge in [0.05, 0.1) is 12.7 Å². The number of carboxylic acid groups (broad SMARTS) is 1. The van der Waals surface area contributed by atoms with E-state index in [1.54, 1.807) is 25.3 Å². The van der Waals surface area contributed by atoms with E-state index in [1.165, 1.54) is 4.90 Å². The van der Waals surface area contributed by atoms with Crippen molar-refractivity contribution in [1.82, 2.24) is 4.90 Å². The molecule has 0 aromatic heterocycles. The van der Waals surface area contributed by atoms with Crippen LogP contribution in [0.5, 0.6) is 0 Å². The van der Waals surface area contributed by atoms with Gasteiger partial charge < -0.3 is 19.8 Å². The lowest BCUT2D eigenvalue weighted by atomic mass is 10.1. The van der Waals surface area contributed by atoms with Gasteiger partial charge >= 0.3 is 5.97 Å². The predicted molar refractivity (Wildman–Crippen MR) is 70.2 cm³/mol. The number of carbonyl (C=O) groups is 2. The van der Waals surface area contributed by atoms with Crippen molar-refractivity contribution in [3.8, 4) is 0 Å². The first-order valence-electron chi connectivity index (χ1n) is 6.32. The second-order valence-corrected chi connectivity index (χ2v) is 4.83. The largest absolute Gasteiger partial charge is 0.480 e. The van der Waals surface area contributed by atoms with Crippen LogP contribution in [0.1, 0.15) is 22.3 Å². The third kappa shape index (κ3) is 2.97. The first-order valence-corrected chi connectivity index (χ1v) is 6.32. The molecule has 1 aliphatic heterocycles. The number of carboxylic acids is 1. The molecular weight excluding hydrogens is 262 g/mol. The zero-order chi connectivity index (χ0) is 14.7. The van der Waals surface area contributed by atoms with Crippen molar-refractivity contribution in [3.63, 3.8) is 0 Å². The van der Waals surface area contributed by atoms with E-state index < -0.39 is 18.1 Å². The van der Waals surface area contributed by atoms with Crippen molar-refractivity contribution < 1.29 is 24.5 Å². The highest BCUT2D eigenvalue weighted by Crippen LogP contribution is 2.21. The molecule has 2 rings (SSSR count). The fraction of sp³-hybridized carbons (Fsp3) is 0.429. The molecule has 1 saturated heterocycles. The van der Waals surface area contributed by atoms with Crippen LogP contribution in [0.25, 0.3) is 0 Å². The lowest BCUT2D eigenvalue weighted by Crippen LogP contribution is -2.40. The number of ether oxygens (including phenoxy) is 1.